The van der Waals surface area contributed by atoms with Gasteiger partial charge in [0.2, 0.25) is 0 Å². The molecule has 1 saturated heterocycles. The minimum absolute atomic E-state index is 0.134. The van der Waals surface area contributed by atoms with Gasteiger partial charge in [-0.1, -0.05) is 17.7 Å². The maximum atomic E-state index is 13.1. The number of rotatable bonds is 4. The predicted octanol–water partition coefficient (Wildman–Crippen LogP) is 3.48. The third-order valence-electron chi connectivity index (χ3n) is 3.54. The standard InChI is InChI=1S/C15H16ClFN4/c16-12-7-11(3-4-13(12)17)9-18-14-8-15(20-10-19-14)21-5-1-2-6-21/h3-4,7-8,10H,1-2,5-6,9H2,(H,18,19,20). The molecule has 2 heterocycles. The summed E-state index contributed by atoms with van der Waals surface area (Å²) < 4.78 is 13.1. The lowest BCUT2D eigenvalue weighted by atomic mass is 10.2. The van der Waals surface area contributed by atoms with Crippen molar-refractivity contribution in [1.82, 2.24) is 9.97 Å². The van der Waals surface area contributed by atoms with Crippen molar-refractivity contribution < 1.29 is 4.39 Å². The van der Waals surface area contributed by atoms with E-state index >= 15 is 0 Å². The smallest absolute Gasteiger partial charge is 0.141 e. The zero-order valence-corrected chi connectivity index (χ0v) is 12.3. The summed E-state index contributed by atoms with van der Waals surface area (Å²) in [6, 6.07) is 6.63. The number of aromatic nitrogens is 2. The Morgan fingerprint density at radius 2 is 2.00 bits per heavy atom. The van der Waals surface area contributed by atoms with E-state index in [4.69, 9.17) is 11.6 Å². The summed E-state index contributed by atoms with van der Waals surface area (Å²) in [5.74, 6) is 1.30. The van der Waals surface area contributed by atoms with Crippen molar-refractivity contribution in [2.75, 3.05) is 23.3 Å². The van der Waals surface area contributed by atoms with Gasteiger partial charge in [-0.3, -0.25) is 0 Å². The van der Waals surface area contributed by atoms with Gasteiger partial charge >= 0.3 is 0 Å². The molecular weight excluding hydrogens is 291 g/mol. The van der Waals surface area contributed by atoms with Gasteiger partial charge in [-0.15, -0.1) is 0 Å². The molecular formula is C15H16ClFN4. The summed E-state index contributed by atoms with van der Waals surface area (Å²) >= 11 is 5.77. The third-order valence-corrected chi connectivity index (χ3v) is 3.83. The first-order valence-corrected chi connectivity index (χ1v) is 7.35. The highest BCUT2D eigenvalue weighted by Crippen LogP contribution is 2.20. The van der Waals surface area contributed by atoms with E-state index in [1.54, 1.807) is 18.5 Å². The van der Waals surface area contributed by atoms with Crippen molar-refractivity contribution in [2.45, 2.75) is 19.4 Å². The monoisotopic (exact) mass is 306 g/mol. The molecule has 0 bridgehead atoms. The Balaban J connectivity index is 1.67. The van der Waals surface area contributed by atoms with Gasteiger partial charge < -0.3 is 10.2 Å². The normalized spacial score (nSPS) is 14.5. The Morgan fingerprint density at radius 1 is 1.19 bits per heavy atom. The second kappa shape index (κ2) is 6.26. The molecule has 0 unspecified atom stereocenters. The fourth-order valence-electron chi connectivity index (χ4n) is 2.41. The molecule has 21 heavy (non-hydrogen) atoms. The van der Waals surface area contributed by atoms with Crippen LogP contribution in [0.25, 0.3) is 0 Å². The minimum Gasteiger partial charge on any atom is -0.366 e. The molecule has 1 N–H and O–H groups in total. The fourth-order valence-corrected chi connectivity index (χ4v) is 2.61. The van der Waals surface area contributed by atoms with Crippen LogP contribution in [0.3, 0.4) is 0 Å². The third kappa shape index (κ3) is 3.42. The molecule has 1 aliphatic heterocycles. The summed E-state index contributed by atoms with van der Waals surface area (Å²) in [6.07, 6.45) is 3.98. The maximum Gasteiger partial charge on any atom is 0.141 e. The van der Waals surface area contributed by atoms with Gasteiger partial charge in [0.15, 0.2) is 0 Å². The lowest BCUT2D eigenvalue weighted by Crippen LogP contribution is -2.19. The van der Waals surface area contributed by atoms with Gasteiger partial charge in [0.1, 0.15) is 23.8 Å². The SMILES string of the molecule is Fc1ccc(CNc2cc(N3CCCC3)ncn2)cc1Cl. The number of nitrogens with one attached hydrogen (secondary N) is 1. The van der Waals surface area contributed by atoms with E-state index in [0.29, 0.717) is 6.54 Å². The lowest BCUT2D eigenvalue weighted by Gasteiger charge is -2.16. The number of hydrogen-bond acceptors (Lipinski definition) is 4. The van der Waals surface area contributed by atoms with Crippen LogP contribution in [0.2, 0.25) is 5.02 Å². The largest absolute Gasteiger partial charge is 0.366 e. The molecule has 4 nitrogen and oxygen atoms in total. The molecule has 0 atom stereocenters. The summed E-state index contributed by atoms with van der Waals surface area (Å²) in [7, 11) is 0. The van der Waals surface area contributed by atoms with Gasteiger partial charge in [-0.05, 0) is 30.5 Å². The fraction of sp³-hybridized carbons (Fsp3) is 0.333. The number of halogens is 2. The molecule has 0 radical (unpaired) electrons. The van der Waals surface area contributed by atoms with Crippen LogP contribution in [-0.4, -0.2) is 23.1 Å². The first-order chi connectivity index (χ1) is 10.2. The second-order valence-electron chi connectivity index (χ2n) is 5.06. The highest BCUT2D eigenvalue weighted by atomic mass is 35.5. The summed E-state index contributed by atoms with van der Waals surface area (Å²) in [4.78, 5) is 10.8. The second-order valence-corrected chi connectivity index (χ2v) is 5.46. The Hall–Kier alpha value is -1.88. The van der Waals surface area contributed by atoms with Gasteiger partial charge in [-0.2, -0.15) is 0 Å². The number of anilines is 2. The van der Waals surface area contributed by atoms with Crippen molar-refractivity contribution in [1.29, 1.82) is 0 Å². The molecule has 1 aliphatic rings. The van der Waals surface area contributed by atoms with E-state index in [1.165, 1.54) is 18.9 Å². The zero-order chi connectivity index (χ0) is 14.7. The van der Waals surface area contributed by atoms with Crippen LogP contribution >= 0.6 is 11.6 Å². The minimum atomic E-state index is -0.404. The van der Waals surface area contributed by atoms with Crippen LogP contribution in [0.1, 0.15) is 18.4 Å². The predicted molar refractivity (Wildman–Crippen MR) is 82.2 cm³/mol. The van der Waals surface area contributed by atoms with Gasteiger partial charge in [0, 0.05) is 25.7 Å². The van der Waals surface area contributed by atoms with Crippen LogP contribution in [0, 0.1) is 5.82 Å². The Bertz CT molecular complexity index is 629. The summed E-state index contributed by atoms with van der Waals surface area (Å²) in [5, 5.41) is 3.35. The van der Waals surface area contributed by atoms with E-state index in [-0.39, 0.29) is 5.02 Å². The number of benzene rings is 1. The van der Waals surface area contributed by atoms with Crippen molar-refractivity contribution in [3.05, 3.63) is 47.0 Å². The van der Waals surface area contributed by atoms with Crippen molar-refractivity contribution in [3.63, 3.8) is 0 Å². The van der Waals surface area contributed by atoms with E-state index in [0.717, 1.165) is 30.3 Å². The van der Waals surface area contributed by atoms with Crippen LogP contribution in [0.5, 0.6) is 0 Å². The van der Waals surface area contributed by atoms with Crippen molar-refractivity contribution >= 4 is 23.2 Å². The topological polar surface area (TPSA) is 41.0 Å². The lowest BCUT2D eigenvalue weighted by molar-refractivity contribution is 0.627. The highest BCUT2D eigenvalue weighted by molar-refractivity contribution is 6.30. The molecule has 3 rings (SSSR count). The van der Waals surface area contributed by atoms with Crippen LogP contribution < -0.4 is 10.2 Å². The molecule has 1 fully saturated rings. The quantitative estimate of drug-likeness (QED) is 0.939. The van der Waals surface area contributed by atoms with Crippen molar-refractivity contribution in [3.8, 4) is 0 Å². The van der Waals surface area contributed by atoms with E-state index in [2.05, 4.69) is 20.2 Å². The zero-order valence-electron chi connectivity index (χ0n) is 11.5. The number of hydrogen-bond donors (Lipinski definition) is 1. The van der Waals surface area contributed by atoms with Crippen LogP contribution in [0.15, 0.2) is 30.6 Å². The van der Waals surface area contributed by atoms with E-state index < -0.39 is 5.82 Å². The first-order valence-electron chi connectivity index (χ1n) is 6.97. The average molecular weight is 307 g/mol. The number of nitrogens with zero attached hydrogens (tertiary/aromatic N) is 3. The van der Waals surface area contributed by atoms with Gasteiger partial charge in [0.25, 0.3) is 0 Å². The van der Waals surface area contributed by atoms with Crippen LogP contribution in [-0.2, 0) is 6.54 Å². The van der Waals surface area contributed by atoms with E-state index in [1.807, 2.05) is 6.07 Å². The van der Waals surface area contributed by atoms with Gasteiger partial charge in [0.05, 0.1) is 5.02 Å². The molecule has 2 aromatic rings. The Kier molecular flexibility index (Phi) is 4.20. The van der Waals surface area contributed by atoms with Crippen LogP contribution in [0.4, 0.5) is 16.0 Å². The van der Waals surface area contributed by atoms with Crippen molar-refractivity contribution in [2.24, 2.45) is 0 Å². The highest BCUT2D eigenvalue weighted by Gasteiger charge is 2.13. The van der Waals surface area contributed by atoms with E-state index in [9.17, 15) is 4.39 Å². The molecule has 0 saturated carbocycles. The molecule has 0 aliphatic carbocycles. The Labute approximate surface area is 128 Å². The summed E-state index contributed by atoms with van der Waals surface area (Å²) in [6.45, 7) is 2.63. The molecule has 1 aromatic carbocycles. The first kappa shape index (κ1) is 14.1. The molecule has 1 aromatic heterocycles. The maximum absolute atomic E-state index is 13.1. The Morgan fingerprint density at radius 3 is 2.76 bits per heavy atom. The molecule has 6 heteroatoms. The average Bonchev–Trinajstić information content (AvgIpc) is 3.03. The molecule has 0 amide bonds. The summed E-state index contributed by atoms with van der Waals surface area (Å²) in [5.41, 5.74) is 0.905. The van der Waals surface area contributed by atoms with Gasteiger partial charge in [-0.25, -0.2) is 14.4 Å². The molecule has 0 spiro atoms. The molecule has 110 valence electrons.